The summed E-state index contributed by atoms with van der Waals surface area (Å²) < 4.78 is 0. The van der Waals surface area contributed by atoms with Crippen molar-refractivity contribution in [3.63, 3.8) is 0 Å². The molecule has 0 aromatic heterocycles. The summed E-state index contributed by atoms with van der Waals surface area (Å²) in [6.45, 7) is 1.66. The quantitative estimate of drug-likeness (QED) is 0.791. The third-order valence-electron chi connectivity index (χ3n) is 4.12. The highest BCUT2D eigenvalue weighted by Crippen LogP contribution is 2.23. The summed E-state index contributed by atoms with van der Waals surface area (Å²) >= 11 is 0. The molecule has 2 N–H and O–H groups in total. The van der Waals surface area contributed by atoms with E-state index in [-0.39, 0.29) is 36.3 Å². The number of carbonyl (C=O) groups is 2. The first-order valence-corrected chi connectivity index (χ1v) is 7.10. The minimum absolute atomic E-state index is 0. The van der Waals surface area contributed by atoms with Crippen LogP contribution in [0, 0.1) is 0 Å². The number of nitrogens with zero attached hydrogens (tertiary/aromatic N) is 1. The summed E-state index contributed by atoms with van der Waals surface area (Å²) in [6.07, 6.45) is 5.92. The van der Waals surface area contributed by atoms with Gasteiger partial charge in [-0.15, -0.1) is 12.4 Å². The SMILES string of the molecule is Cl.O=C(NC1CC1)C1CCCN1C(=O)[C@@H]1CCCN1. The van der Waals surface area contributed by atoms with E-state index in [0.717, 1.165) is 51.6 Å². The first-order chi connectivity index (χ1) is 8.75. The molecule has 0 bridgehead atoms. The zero-order chi connectivity index (χ0) is 12.5. The van der Waals surface area contributed by atoms with Gasteiger partial charge in [0.15, 0.2) is 0 Å². The molecule has 0 aromatic rings. The maximum Gasteiger partial charge on any atom is 0.243 e. The molecule has 1 unspecified atom stereocenters. The van der Waals surface area contributed by atoms with Gasteiger partial charge in [0.1, 0.15) is 6.04 Å². The van der Waals surface area contributed by atoms with E-state index in [1.807, 2.05) is 0 Å². The summed E-state index contributed by atoms with van der Waals surface area (Å²) in [5, 5.41) is 6.24. The highest BCUT2D eigenvalue weighted by molar-refractivity contribution is 5.90. The Balaban J connectivity index is 0.00000133. The van der Waals surface area contributed by atoms with Crippen LogP contribution in [-0.4, -0.2) is 47.9 Å². The number of carbonyl (C=O) groups excluding carboxylic acids is 2. The molecule has 3 aliphatic rings. The summed E-state index contributed by atoms with van der Waals surface area (Å²) in [5.74, 6) is 0.183. The van der Waals surface area contributed by atoms with Crippen molar-refractivity contribution in [3.05, 3.63) is 0 Å². The average molecular weight is 288 g/mol. The third kappa shape index (κ3) is 3.20. The van der Waals surface area contributed by atoms with Crippen LogP contribution in [0.4, 0.5) is 0 Å². The molecule has 1 aliphatic carbocycles. The van der Waals surface area contributed by atoms with Gasteiger partial charge >= 0.3 is 0 Å². The number of likely N-dealkylation sites (tertiary alicyclic amines) is 1. The molecule has 0 spiro atoms. The van der Waals surface area contributed by atoms with Gasteiger partial charge in [-0.25, -0.2) is 0 Å². The summed E-state index contributed by atoms with van der Waals surface area (Å²) in [4.78, 5) is 26.2. The average Bonchev–Trinajstić information content (AvgIpc) is 2.91. The number of amides is 2. The van der Waals surface area contributed by atoms with Crippen molar-refractivity contribution in [3.8, 4) is 0 Å². The highest BCUT2D eigenvalue weighted by atomic mass is 35.5. The zero-order valence-electron chi connectivity index (χ0n) is 11.1. The van der Waals surface area contributed by atoms with Gasteiger partial charge in [-0.2, -0.15) is 0 Å². The minimum Gasteiger partial charge on any atom is -0.352 e. The molecule has 3 rings (SSSR count). The van der Waals surface area contributed by atoms with Crippen molar-refractivity contribution in [1.82, 2.24) is 15.5 Å². The van der Waals surface area contributed by atoms with Crippen LogP contribution >= 0.6 is 12.4 Å². The van der Waals surface area contributed by atoms with Crippen LogP contribution < -0.4 is 10.6 Å². The molecule has 2 atom stereocenters. The zero-order valence-corrected chi connectivity index (χ0v) is 11.9. The smallest absolute Gasteiger partial charge is 0.243 e. The molecule has 19 heavy (non-hydrogen) atoms. The van der Waals surface area contributed by atoms with Crippen LogP contribution in [0.25, 0.3) is 0 Å². The Morgan fingerprint density at radius 1 is 1.11 bits per heavy atom. The first kappa shape index (κ1) is 14.6. The van der Waals surface area contributed by atoms with Gasteiger partial charge in [0, 0.05) is 12.6 Å². The maximum atomic E-state index is 12.3. The lowest BCUT2D eigenvalue weighted by Gasteiger charge is -2.26. The molecule has 0 radical (unpaired) electrons. The van der Waals surface area contributed by atoms with E-state index >= 15 is 0 Å². The van der Waals surface area contributed by atoms with Gasteiger partial charge in [-0.3, -0.25) is 9.59 Å². The summed E-state index contributed by atoms with van der Waals surface area (Å²) in [5.41, 5.74) is 0. The van der Waals surface area contributed by atoms with Gasteiger partial charge in [0.25, 0.3) is 0 Å². The van der Waals surface area contributed by atoms with E-state index in [2.05, 4.69) is 10.6 Å². The van der Waals surface area contributed by atoms with Crippen LogP contribution in [0.1, 0.15) is 38.5 Å². The molecule has 2 amide bonds. The second-order valence-corrected chi connectivity index (χ2v) is 5.62. The van der Waals surface area contributed by atoms with E-state index < -0.39 is 0 Å². The lowest BCUT2D eigenvalue weighted by molar-refractivity contribution is -0.139. The fourth-order valence-electron chi connectivity index (χ4n) is 2.92. The number of nitrogens with one attached hydrogen (secondary N) is 2. The van der Waals surface area contributed by atoms with Gasteiger partial charge < -0.3 is 15.5 Å². The van der Waals surface area contributed by atoms with Gasteiger partial charge in [-0.1, -0.05) is 0 Å². The van der Waals surface area contributed by atoms with E-state index in [1.165, 1.54) is 0 Å². The van der Waals surface area contributed by atoms with Crippen LogP contribution in [0.15, 0.2) is 0 Å². The van der Waals surface area contributed by atoms with Crippen LogP contribution in [0.3, 0.4) is 0 Å². The largest absolute Gasteiger partial charge is 0.352 e. The molecule has 3 fully saturated rings. The Labute approximate surface area is 119 Å². The van der Waals surface area contributed by atoms with E-state index in [9.17, 15) is 9.59 Å². The second kappa shape index (κ2) is 6.09. The summed E-state index contributed by atoms with van der Waals surface area (Å²) in [7, 11) is 0. The monoisotopic (exact) mass is 287 g/mol. The molecule has 6 heteroatoms. The fraction of sp³-hybridized carbons (Fsp3) is 0.846. The van der Waals surface area contributed by atoms with Gasteiger partial charge in [0.2, 0.25) is 11.8 Å². The molecule has 2 heterocycles. The van der Waals surface area contributed by atoms with Crippen molar-refractivity contribution in [2.24, 2.45) is 0 Å². The van der Waals surface area contributed by atoms with Crippen molar-refractivity contribution in [2.45, 2.75) is 56.7 Å². The highest BCUT2D eigenvalue weighted by Gasteiger charge is 2.39. The molecule has 108 valence electrons. The van der Waals surface area contributed by atoms with Crippen molar-refractivity contribution in [1.29, 1.82) is 0 Å². The maximum absolute atomic E-state index is 12.3. The Kier molecular flexibility index (Phi) is 4.68. The van der Waals surface area contributed by atoms with Crippen LogP contribution in [0.5, 0.6) is 0 Å². The number of hydrogen-bond acceptors (Lipinski definition) is 3. The van der Waals surface area contributed by atoms with E-state index in [0.29, 0.717) is 6.04 Å². The summed E-state index contributed by atoms with van der Waals surface area (Å²) in [6, 6.07) is 0.0967. The molecule has 0 aromatic carbocycles. The lowest BCUT2D eigenvalue weighted by atomic mass is 10.1. The van der Waals surface area contributed by atoms with Crippen molar-refractivity contribution in [2.75, 3.05) is 13.1 Å². The standard InChI is InChI=1S/C13H21N3O2.ClH/c17-12(15-9-5-6-9)11-4-2-8-16(11)13(18)10-3-1-7-14-10;/h9-11,14H,1-8H2,(H,15,17);1H/t10-,11?;/m0./s1. The first-order valence-electron chi connectivity index (χ1n) is 7.10. The topological polar surface area (TPSA) is 61.4 Å². The Hall–Kier alpha value is -0.810. The molecule has 5 nitrogen and oxygen atoms in total. The lowest BCUT2D eigenvalue weighted by Crippen LogP contribution is -2.51. The number of hydrogen-bond donors (Lipinski definition) is 2. The predicted octanol–water partition coefficient (Wildman–Crippen LogP) is 0.430. The van der Waals surface area contributed by atoms with Gasteiger partial charge in [-0.05, 0) is 45.1 Å². The van der Waals surface area contributed by atoms with E-state index in [1.54, 1.807) is 4.90 Å². The van der Waals surface area contributed by atoms with Crippen molar-refractivity contribution >= 4 is 24.2 Å². The Morgan fingerprint density at radius 3 is 2.53 bits per heavy atom. The number of halogens is 1. The fourth-order valence-corrected chi connectivity index (χ4v) is 2.92. The van der Waals surface area contributed by atoms with Crippen LogP contribution in [0.2, 0.25) is 0 Å². The molecule has 2 aliphatic heterocycles. The Bertz CT molecular complexity index is 354. The molecular formula is C13H22ClN3O2. The molecule has 2 saturated heterocycles. The van der Waals surface area contributed by atoms with Crippen molar-refractivity contribution < 1.29 is 9.59 Å². The van der Waals surface area contributed by atoms with E-state index in [4.69, 9.17) is 0 Å². The Morgan fingerprint density at radius 2 is 1.89 bits per heavy atom. The van der Waals surface area contributed by atoms with Gasteiger partial charge in [0.05, 0.1) is 6.04 Å². The second-order valence-electron chi connectivity index (χ2n) is 5.62. The number of rotatable bonds is 3. The normalized spacial score (nSPS) is 30.0. The minimum atomic E-state index is -0.222. The molecule has 1 saturated carbocycles. The third-order valence-corrected chi connectivity index (χ3v) is 4.12. The molecular weight excluding hydrogens is 266 g/mol. The predicted molar refractivity (Wildman–Crippen MR) is 74.2 cm³/mol. The van der Waals surface area contributed by atoms with Crippen LogP contribution in [-0.2, 0) is 9.59 Å².